The first-order chi connectivity index (χ1) is 11.1. The maximum Gasteiger partial charge on any atom is 0.430 e. The molecule has 24 heavy (non-hydrogen) atoms. The number of terminal acetylenes is 1. The van der Waals surface area contributed by atoms with Crippen molar-refractivity contribution in [1.29, 1.82) is 0 Å². The monoisotopic (exact) mass is 361 g/mol. The fourth-order valence-electron chi connectivity index (χ4n) is 1.97. The van der Waals surface area contributed by atoms with Crippen molar-refractivity contribution in [3.63, 3.8) is 0 Å². The molecule has 1 rings (SSSR count). The predicted octanol–water partition coefficient (Wildman–Crippen LogP) is 1.97. The highest BCUT2D eigenvalue weighted by Gasteiger charge is 2.67. The summed E-state index contributed by atoms with van der Waals surface area (Å²) in [6.45, 7) is 2.38. The standard InChI is InChI=1S/C15H14F3NO4S/c1-4-11-19(24(21,22)12-9-7-6-8-10-12)14(5-2,13(20)23-3)15(16,17)18/h2,4,6-10H,1,11H2,3H3. The van der Waals surface area contributed by atoms with E-state index in [1.54, 1.807) is 0 Å². The lowest BCUT2D eigenvalue weighted by Crippen LogP contribution is -2.65. The number of rotatable bonds is 6. The van der Waals surface area contributed by atoms with Crippen molar-refractivity contribution in [3.05, 3.63) is 43.0 Å². The molecule has 0 saturated carbocycles. The minimum absolute atomic E-state index is 0.145. The van der Waals surface area contributed by atoms with Gasteiger partial charge in [-0.05, 0) is 12.1 Å². The Kier molecular flexibility index (Phi) is 5.81. The van der Waals surface area contributed by atoms with Gasteiger partial charge in [0.1, 0.15) is 0 Å². The number of esters is 1. The van der Waals surface area contributed by atoms with E-state index in [1.807, 2.05) is 0 Å². The molecule has 0 aliphatic rings. The van der Waals surface area contributed by atoms with E-state index in [0.29, 0.717) is 7.11 Å². The lowest BCUT2D eigenvalue weighted by molar-refractivity contribution is -0.211. The van der Waals surface area contributed by atoms with E-state index in [2.05, 4.69) is 11.3 Å². The summed E-state index contributed by atoms with van der Waals surface area (Å²) in [7, 11) is -4.09. The van der Waals surface area contributed by atoms with Gasteiger partial charge in [0, 0.05) is 6.54 Å². The van der Waals surface area contributed by atoms with Crippen LogP contribution in [0.4, 0.5) is 13.2 Å². The van der Waals surface area contributed by atoms with E-state index >= 15 is 0 Å². The van der Waals surface area contributed by atoms with Crippen molar-refractivity contribution in [2.75, 3.05) is 13.7 Å². The third kappa shape index (κ3) is 3.16. The van der Waals surface area contributed by atoms with Gasteiger partial charge in [0.25, 0.3) is 5.54 Å². The number of nitrogens with zero attached hydrogens (tertiary/aromatic N) is 1. The van der Waals surface area contributed by atoms with E-state index in [4.69, 9.17) is 6.42 Å². The molecular formula is C15H14F3NO4S. The van der Waals surface area contributed by atoms with Gasteiger partial charge in [-0.15, -0.1) is 13.0 Å². The highest BCUT2D eigenvalue weighted by Crippen LogP contribution is 2.39. The largest absolute Gasteiger partial charge is 0.467 e. The number of hydrogen-bond acceptors (Lipinski definition) is 4. The highest BCUT2D eigenvalue weighted by molar-refractivity contribution is 7.89. The van der Waals surface area contributed by atoms with Gasteiger partial charge in [-0.3, -0.25) is 0 Å². The second kappa shape index (κ2) is 7.07. The maximum atomic E-state index is 13.6. The number of alkyl halides is 3. The molecule has 0 aliphatic carbocycles. The van der Waals surface area contributed by atoms with Crippen LogP contribution in [0.3, 0.4) is 0 Å². The lowest BCUT2D eigenvalue weighted by atomic mass is 10.00. The summed E-state index contributed by atoms with van der Waals surface area (Å²) in [6, 6.07) is 6.29. The quantitative estimate of drug-likeness (QED) is 0.442. The molecule has 0 N–H and O–H groups in total. The molecule has 9 heteroatoms. The average molecular weight is 361 g/mol. The Morgan fingerprint density at radius 2 is 1.92 bits per heavy atom. The van der Waals surface area contributed by atoms with Crippen LogP contribution in [0.1, 0.15) is 0 Å². The molecule has 5 nitrogen and oxygen atoms in total. The number of ether oxygens (including phenoxy) is 1. The van der Waals surface area contributed by atoms with Crippen LogP contribution >= 0.6 is 0 Å². The van der Waals surface area contributed by atoms with E-state index in [9.17, 15) is 26.4 Å². The molecule has 1 unspecified atom stereocenters. The number of halogens is 3. The Labute approximate surface area is 137 Å². The average Bonchev–Trinajstić information content (AvgIpc) is 2.54. The molecule has 1 atom stereocenters. The second-order valence-corrected chi connectivity index (χ2v) is 6.34. The third-order valence-electron chi connectivity index (χ3n) is 3.10. The summed E-state index contributed by atoms with van der Waals surface area (Å²) in [6.07, 6.45) is 0.438. The molecule has 0 saturated heterocycles. The summed E-state index contributed by atoms with van der Waals surface area (Å²) in [4.78, 5) is 11.4. The number of sulfonamides is 1. The molecule has 0 heterocycles. The van der Waals surface area contributed by atoms with Crippen LogP contribution in [0.15, 0.2) is 47.9 Å². The lowest BCUT2D eigenvalue weighted by Gasteiger charge is -2.37. The summed E-state index contributed by atoms with van der Waals surface area (Å²) >= 11 is 0. The summed E-state index contributed by atoms with van der Waals surface area (Å²) in [5.41, 5.74) is -3.81. The first-order valence-corrected chi connectivity index (χ1v) is 7.85. The third-order valence-corrected chi connectivity index (χ3v) is 4.97. The number of benzene rings is 1. The van der Waals surface area contributed by atoms with Crippen LogP contribution in [0.25, 0.3) is 0 Å². The van der Waals surface area contributed by atoms with Crippen molar-refractivity contribution in [1.82, 2.24) is 4.31 Å². The van der Waals surface area contributed by atoms with Gasteiger partial charge in [0.05, 0.1) is 12.0 Å². The molecule has 0 spiro atoms. The number of hydrogen-bond donors (Lipinski definition) is 0. The van der Waals surface area contributed by atoms with E-state index < -0.39 is 39.1 Å². The molecule has 0 fully saturated rings. The summed E-state index contributed by atoms with van der Waals surface area (Å²) in [5.74, 6) is -0.665. The molecule has 0 amide bonds. The zero-order valence-electron chi connectivity index (χ0n) is 12.6. The van der Waals surface area contributed by atoms with Gasteiger partial charge in [-0.2, -0.15) is 17.5 Å². The van der Waals surface area contributed by atoms with Crippen LogP contribution < -0.4 is 0 Å². The molecule has 1 aromatic rings. The molecule has 0 bridgehead atoms. The van der Waals surface area contributed by atoms with E-state index in [1.165, 1.54) is 24.1 Å². The molecule has 1 aromatic carbocycles. The van der Waals surface area contributed by atoms with Gasteiger partial charge in [0.2, 0.25) is 10.0 Å². The van der Waals surface area contributed by atoms with Gasteiger partial charge in [-0.25, -0.2) is 13.2 Å². The molecule has 130 valence electrons. The minimum Gasteiger partial charge on any atom is -0.467 e. The van der Waals surface area contributed by atoms with Crippen LogP contribution in [0, 0.1) is 12.3 Å². The molecule has 0 aromatic heterocycles. The number of carbonyl (C=O) groups excluding carboxylic acids is 1. The molecular weight excluding hydrogens is 347 g/mol. The van der Waals surface area contributed by atoms with Gasteiger partial charge in [0.15, 0.2) is 0 Å². The summed E-state index contributed by atoms with van der Waals surface area (Å²) < 4.78 is 70.3. The molecule has 0 radical (unpaired) electrons. The minimum atomic E-state index is -5.42. The topological polar surface area (TPSA) is 63.7 Å². The normalized spacial score (nSPS) is 14.5. The Bertz CT molecular complexity index is 753. The first-order valence-electron chi connectivity index (χ1n) is 6.41. The first kappa shape index (κ1) is 19.7. The van der Waals surface area contributed by atoms with Crippen molar-refractivity contribution >= 4 is 16.0 Å². The SMILES string of the molecule is C#CC(C(=O)OC)(N(CC=C)S(=O)(=O)c1ccccc1)C(F)(F)F. The predicted molar refractivity (Wildman–Crippen MR) is 80.2 cm³/mol. The molecule has 0 aliphatic heterocycles. The smallest absolute Gasteiger partial charge is 0.430 e. The van der Waals surface area contributed by atoms with Crippen LogP contribution in [-0.4, -0.2) is 44.1 Å². The van der Waals surface area contributed by atoms with Gasteiger partial charge in [-0.1, -0.05) is 30.2 Å². The van der Waals surface area contributed by atoms with Crippen LogP contribution in [0.2, 0.25) is 0 Å². The fourth-order valence-corrected chi connectivity index (χ4v) is 3.62. The summed E-state index contributed by atoms with van der Waals surface area (Å²) in [5, 5.41) is 0. The Morgan fingerprint density at radius 3 is 2.29 bits per heavy atom. The zero-order chi connectivity index (χ0) is 18.6. The van der Waals surface area contributed by atoms with Crippen molar-refractivity contribution in [3.8, 4) is 12.3 Å². The van der Waals surface area contributed by atoms with E-state index in [0.717, 1.165) is 18.2 Å². The van der Waals surface area contributed by atoms with Crippen molar-refractivity contribution < 1.29 is 31.1 Å². The van der Waals surface area contributed by atoms with Crippen molar-refractivity contribution in [2.24, 2.45) is 0 Å². The van der Waals surface area contributed by atoms with Crippen molar-refractivity contribution in [2.45, 2.75) is 16.6 Å². The highest BCUT2D eigenvalue weighted by atomic mass is 32.2. The second-order valence-electron chi connectivity index (χ2n) is 4.48. The Morgan fingerprint density at radius 1 is 1.38 bits per heavy atom. The fraction of sp³-hybridized carbons (Fsp3) is 0.267. The Hall–Kier alpha value is -2.31. The Balaban J connectivity index is 3.76. The maximum absolute atomic E-state index is 13.6. The van der Waals surface area contributed by atoms with E-state index in [-0.39, 0.29) is 4.31 Å². The van der Waals surface area contributed by atoms with Gasteiger partial charge < -0.3 is 4.74 Å². The number of methoxy groups -OCH3 is 1. The van der Waals surface area contributed by atoms with Gasteiger partial charge >= 0.3 is 12.1 Å². The van der Waals surface area contributed by atoms with Crippen LogP contribution in [-0.2, 0) is 19.6 Å². The number of carbonyl (C=O) groups is 1. The van der Waals surface area contributed by atoms with Crippen LogP contribution in [0.5, 0.6) is 0 Å². The zero-order valence-corrected chi connectivity index (χ0v) is 13.4.